The number of nitrogens with zero attached hydrogens (tertiary/aromatic N) is 1. The van der Waals surface area contributed by atoms with E-state index < -0.39 is 6.10 Å². The van der Waals surface area contributed by atoms with E-state index in [0.29, 0.717) is 0 Å². The van der Waals surface area contributed by atoms with E-state index in [1.165, 1.54) is 0 Å². The average Bonchev–Trinajstić information content (AvgIpc) is 2.27. The Balaban J connectivity index is 2.58. The molecule has 1 amide bonds. The highest BCUT2D eigenvalue weighted by atomic mass is 16.5. The van der Waals surface area contributed by atoms with Crippen molar-refractivity contribution in [2.45, 2.75) is 20.0 Å². The number of benzene rings is 1. The van der Waals surface area contributed by atoms with Gasteiger partial charge < -0.3 is 15.4 Å². The lowest BCUT2D eigenvalue weighted by atomic mass is 10.1. The summed E-state index contributed by atoms with van der Waals surface area (Å²) in [5.74, 6) is 0.696. The highest BCUT2D eigenvalue weighted by Crippen LogP contribution is 2.38. The molecule has 1 unspecified atom stereocenters. The van der Waals surface area contributed by atoms with Gasteiger partial charge in [-0.2, -0.15) is 0 Å². The van der Waals surface area contributed by atoms with E-state index in [-0.39, 0.29) is 12.5 Å². The molecule has 0 saturated carbocycles. The molecule has 0 bridgehead atoms. The van der Waals surface area contributed by atoms with E-state index in [9.17, 15) is 4.79 Å². The van der Waals surface area contributed by atoms with Crippen molar-refractivity contribution in [2.24, 2.45) is 5.73 Å². The van der Waals surface area contributed by atoms with Crippen LogP contribution >= 0.6 is 0 Å². The number of aryl methyl sites for hydroxylation is 2. The van der Waals surface area contributed by atoms with Crippen molar-refractivity contribution in [1.82, 2.24) is 0 Å². The van der Waals surface area contributed by atoms with E-state index >= 15 is 0 Å². The first-order chi connectivity index (χ1) is 7.56. The molecule has 0 aromatic heterocycles. The molecular formula is C12H16N2O2. The molecule has 0 aliphatic carbocycles. The van der Waals surface area contributed by atoms with E-state index in [0.717, 1.165) is 22.6 Å². The van der Waals surface area contributed by atoms with Gasteiger partial charge in [-0.05, 0) is 25.0 Å². The standard InChI is InChI=1S/C12H16N2O2/c1-7-4-5-8(2)11-10(7)14(3)12(15)9(6-13)16-11/h4-5,9H,6,13H2,1-3H3. The van der Waals surface area contributed by atoms with Crippen molar-refractivity contribution in [2.75, 3.05) is 18.5 Å². The third-order valence-electron chi connectivity index (χ3n) is 2.95. The number of nitrogens with two attached hydrogens (primary N) is 1. The van der Waals surface area contributed by atoms with Crippen molar-refractivity contribution in [3.05, 3.63) is 23.3 Å². The maximum Gasteiger partial charge on any atom is 0.269 e. The lowest BCUT2D eigenvalue weighted by molar-refractivity contribution is -0.125. The van der Waals surface area contributed by atoms with E-state index in [4.69, 9.17) is 10.5 Å². The summed E-state index contributed by atoms with van der Waals surface area (Å²) < 4.78 is 5.66. The fraction of sp³-hybridized carbons (Fsp3) is 0.417. The van der Waals surface area contributed by atoms with Gasteiger partial charge in [0.05, 0.1) is 5.69 Å². The third kappa shape index (κ3) is 1.46. The van der Waals surface area contributed by atoms with Crippen molar-refractivity contribution in [3.8, 4) is 5.75 Å². The second-order valence-electron chi connectivity index (χ2n) is 4.12. The fourth-order valence-electron chi connectivity index (χ4n) is 2.00. The quantitative estimate of drug-likeness (QED) is 0.767. The van der Waals surface area contributed by atoms with Crippen molar-refractivity contribution in [1.29, 1.82) is 0 Å². The molecule has 1 aliphatic rings. The van der Waals surface area contributed by atoms with E-state index in [2.05, 4.69) is 0 Å². The Morgan fingerprint density at radius 3 is 2.62 bits per heavy atom. The number of carbonyl (C=O) groups is 1. The Bertz CT molecular complexity index is 443. The van der Waals surface area contributed by atoms with Crippen LogP contribution in [0.15, 0.2) is 12.1 Å². The molecule has 86 valence electrons. The Labute approximate surface area is 95.0 Å². The van der Waals surface area contributed by atoms with Crippen molar-refractivity contribution >= 4 is 11.6 Å². The molecule has 1 heterocycles. The van der Waals surface area contributed by atoms with Crippen LogP contribution < -0.4 is 15.4 Å². The Morgan fingerprint density at radius 1 is 1.38 bits per heavy atom. The van der Waals surface area contributed by atoms with Gasteiger partial charge in [-0.15, -0.1) is 0 Å². The number of hydrogen-bond donors (Lipinski definition) is 1. The van der Waals surface area contributed by atoms with Crippen LogP contribution in [0.3, 0.4) is 0 Å². The molecule has 2 N–H and O–H groups in total. The largest absolute Gasteiger partial charge is 0.477 e. The third-order valence-corrected chi connectivity index (χ3v) is 2.95. The molecule has 4 nitrogen and oxygen atoms in total. The summed E-state index contributed by atoms with van der Waals surface area (Å²) in [6, 6.07) is 3.98. The van der Waals surface area contributed by atoms with Gasteiger partial charge in [-0.25, -0.2) is 0 Å². The summed E-state index contributed by atoms with van der Waals surface area (Å²) >= 11 is 0. The minimum absolute atomic E-state index is 0.0799. The summed E-state index contributed by atoms with van der Waals surface area (Å²) in [4.78, 5) is 13.5. The van der Waals surface area contributed by atoms with Crippen LogP contribution in [0.1, 0.15) is 11.1 Å². The Morgan fingerprint density at radius 2 is 2.00 bits per heavy atom. The summed E-state index contributed by atoms with van der Waals surface area (Å²) in [5, 5.41) is 0. The fourth-order valence-corrected chi connectivity index (χ4v) is 2.00. The van der Waals surface area contributed by atoms with Gasteiger partial charge in [0.25, 0.3) is 5.91 Å². The number of fused-ring (bicyclic) bond motifs is 1. The maximum atomic E-state index is 11.9. The molecular weight excluding hydrogens is 204 g/mol. The minimum Gasteiger partial charge on any atom is -0.477 e. The zero-order valence-electron chi connectivity index (χ0n) is 9.78. The first kappa shape index (κ1) is 11.0. The Hall–Kier alpha value is -1.55. The lowest BCUT2D eigenvalue weighted by Gasteiger charge is -2.33. The summed E-state index contributed by atoms with van der Waals surface area (Å²) in [6.07, 6.45) is -0.557. The minimum atomic E-state index is -0.557. The number of likely N-dealkylation sites (N-methyl/N-ethyl adjacent to an activating group) is 1. The number of amides is 1. The second kappa shape index (κ2) is 3.79. The molecule has 2 rings (SSSR count). The van der Waals surface area contributed by atoms with Crippen molar-refractivity contribution in [3.63, 3.8) is 0 Å². The van der Waals surface area contributed by atoms with Gasteiger partial charge in [0.1, 0.15) is 5.75 Å². The number of carbonyl (C=O) groups excluding carboxylic acids is 1. The molecule has 4 heteroatoms. The predicted molar refractivity (Wildman–Crippen MR) is 62.8 cm³/mol. The van der Waals surface area contributed by atoms with Crippen LogP contribution in [0.2, 0.25) is 0 Å². The van der Waals surface area contributed by atoms with Crippen LogP contribution in [0.25, 0.3) is 0 Å². The van der Waals surface area contributed by atoms with Crippen LogP contribution in [-0.4, -0.2) is 25.6 Å². The number of ether oxygens (including phenoxy) is 1. The zero-order chi connectivity index (χ0) is 11.9. The molecule has 0 fully saturated rings. The van der Waals surface area contributed by atoms with Crippen LogP contribution in [-0.2, 0) is 4.79 Å². The van der Waals surface area contributed by atoms with Gasteiger partial charge >= 0.3 is 0 Å². The van der Waals surface area contributed by atoms with Gasteiger partial charge in [0.2, 0.25) is 0 Å². The smallest absolute Gasteiger partial charge is 0.269 e. The molecule has 1 aromatic rings. The van der Waals surface area contributed by atoms with Gasteiger partial charge in [-0.3, -0.25) is 4.79 Å². The van der Waals surface area contributed by atoms with Crippen LogP contribution in [0.4, 0.5) is 5.69 Å². The highest BCUT2D eigenvalue weighted by molar-refractivity contribution is 6.00. The second-order valence-corrected chi connectivity index (χ2v) is 4.12. The molecule has 0 radical (unpaired) electrons. The molecule has 0 spiro atoms. The van der Waals surface area contributed by atoms with E-state index in [1.54, 1.807) is 11.9 Å². The predicted octanol–water partition coefficient (Wildman–Crippen LogP) is 0.986. The van der Waals surface area contributed by atoms with Crippen LogP contribution in [0.5, 0.6) is 5.75 Å². The van der Waals surface area contributed by atoms with Crippen molar-refractivity contribution < 1.29 is 9.53 Å². The van der Waals surface area contributed by atoms with Gasteiger partial charge in [-0.1, -0.05) is 12.1 Å². The van der Waals surface area contributed by atoms with Crippen LogP contribution in [0, 0.1) is 13.8 Å². The normalized spacial score (nSPS) is 19.4. The van der Waals surface area contributed by atoms with Gasteiger partial charge in [0.15, 0.2) is 6.10 Å². The number of rotatable bonds is 1. The summed E-state index contributed by atoms with van der Waals surface area (Å²) in [7, 11) is 1.76. The number of hydrogen-bond acceptors (Lipinski definition) is 3. The monoisotopic (exact) mass is 220 g/mol. The topological polar surface area (TPSA) is 55.6 Å². The maximum absolute atomic E-state index is 11.9. The van der Waals surface area contributed by atoms with Gasteiger partial charge in [0, 0.05) is 13.6 Å². The molecule has 16 heavy (non-hydrogen) atoms. The summed E-state index contributed by atoms with van der Waals surface area (Å²) in [6.45, 7) is 4.14. The Kier molecular flexibility index (Phi) is 2.59. The average molecular weight is 220 g/mol. The first-order valence-electron chi connectivity index (χ1n) is 5.30. The zero-order valence-corrected chi connectivity index (χ0v) is 9.78. The number of anilines is 1. The highest BCUT2D eigenvalue weighted by Gasteiger charge is 2.32. The van der Waals surface area contributed by atoms with E-state index in [1.807, 2.05) is 26.0 Å². The lowest BCUT2D eigenvalue weighted by Crippen LogP contribution is -2.48. The summed E-state index contributed by atoms with van der Waals surface area (Å²) in [5.41, 5.74) is 8.45. The SMILES string of the molecule is Cc1ccc(C)c2c1OC(CN)C(=O)N2C. The molecule has 1 aliphatic heterocycles. The molecule has 1 atom stereocenters. The molecule has 0 saturated heterocycles. The first-order valence-corrected chi connectivity index (χ1v) is 5.30. The molecule has 1 aromatic carbocycles.